The fourth-order valence-corrected chi connectivity index (χ4v) is 1.82. The van der Waals surface area contributed by atoms with Crippen LogP contribution >= 0.6 is 0 Å². The molecule has 1 heterocycles. The highest BCUT2D eigenvalue weighted by atomic mass is 15.1. The maximum Gasteiger partial charge on any atom is 0.131 e. The Bertz CT molecular complexity index is 560. The first-order valence-electron chi connectivity index (χ1n) is 6.07. The smallest absolute Gasteiger partial charge is 0.131 e. The lowest BCUT2D eigenvalue weighted by Crippen LogP contribution is -2.01. The Morgan fingerprint density at radius 1 is 1.33 bits per heavy atom. The number of unbranched alkanes of at least 4 members (excludes halogenated alkanes) is 1. The molecule has 0 aliphatic rings. The van der Waals surface area contributed by atoms with Crippen molar-refractivity contribution in [2.75, 3.05) is 5.73 Å². The van der Waals surface area contributed by atoms with Crippen LogP contribution in [0.25, 0.3) is 11.3 Å². The van der Waals surface area contributed by atoms with Crippen LogP contribution in [-0.4, -0.2) is 9.55 Å². The maximum absolute atomic E-state index is 8.76. The Morgan fingerprint density at radius 2 is 2.06 bits per heavy atom. The van der Waals surface area contributed by atoms with Crippen LogP contribution in [0.5, 0.6) is 0 Å². The largest absolute Gasteiger partial charge is 0.383 e. The topological polar surface area (TPSA) is 67.6 Å². The van der Waals surface area contributed by atoms with Gasteiger partial charge >= 0.3 is 0 Å². The third kappa shape index (κ3) is 2.35. The number of hydrogen-bond acceptors (Lipinski definition) is 3. The quantitative estimate of drug-likeness (QED) is 0.893. The predicted octanol–water partition coefficient (Wildman–Crippen LogP) is 2.80. The van der Waals surface area contributed by atoms with Crippen LogP contribution in [0.15, 0.2) is 30.6 Å². The van der Waals surface area contributed by atoms with Crippen molar-refractivity contribution in [1.82, 2.24) is 9.55 Å². The molecule has 0 atom stereocenters. The summed E-state index contributed by atoms with van der Waals surface area (Å²) in [5, 5.41) is 8.76. The predicted molar refractivity (Wildman–Crippen MR) is 71.7 cm³/mol. The van der Waals surface area contributed by atoms with E-state index in [1.54, 1.807) is 18.5 Å². The molecular formula is C14H16N4. The fourth-order valence-electron chi connectivity index (χ4n) is 1.82. The lowest BCUT2D eigenvalue weighted by molar-refractivity contribution is 0.637. The van der Waals surface area contributed by atoms with Crippen molar-refractivity contribution in [3.05, 3.63) is 36.2 Å². The minimum absolute atomic E-state index is 0.641. The van der Waals surface area contributed by atoms with E-state index >= 15 is 0 Å². The first-order valence-corrected chi connectivity index (χ1v) is 6.07. The van der Waals surface area contributed by atoms with E-state index in [-0.39, 0.29) is 0 Å². The Hall–Kier alpha value is -2.28. The van der Waals surface area contributed by atoms with Gasteiger partial charge in [-0.25, -0.2) is 4.98 Å². The van der Waals surface area contributed by atoms with Gasteiger partial charge < -0.3 is 10.3 Å². The average molecular weight is 240 g/mol. The zero-order valence-corrected chi connectivity index (χ0v) is 10.4. The van der Waals surface area contributed by atoms with Gasteiger partial charge in [0.05, 0.1) is 18.0 Å². The van der Waals surface area contributed by atoms with Gasteiger partial charge in [0, 0.05) is 12.1 Å². The zero-order chi connectivity index (χ0) is 13.0. The number of nitrogens with two attached hydrogens (primary N) is 1. The van der Waals surface area contributed by atoms with Crippen LogP contribution in [0.2, 0.25) is 0 Å². The molecule has 0 unspecified atom stereocenters. The average Bonchev–Trinajstić information content (AvgIpc) is 2.78. The number of aromatic nitrogens is 2. The molecule has 0 saturated carbocycles. The summed E-state index contributed by atoms with van der Waals surface area (Å²) >= 11 is 0. The van der Waals surface area contributed by atoms with Gasteiger partial charge in [0.25, 0.3) is 0 Å². The Morgan fingerprint density at radius 3 is 2.67 bits per heavy atom. The number of nitrogens with zero attached hydrogens (tertiary/aromatic N) is 3. The third-order valence-corrected chi connectivity index (χ3v) is 2.92. The number of imidazole rings is 1. The summed E-state index contributed by atoms with van der Waals surface area (Å²) in [6.07, 6.45) is 4.00. The van der Waals surface area contributed by atoms with Crippen molar-refractivity contribution in [3.63, 3.8) is 0 Å². The zero-order valence-electron chi connectivity index (χ0n) is 10.4. The molecule has 4 nitrogen and oxygen atoms in total. The summed E-state index contributed by atoms with van der Waals surface area (Å²) < 4.78 is 1.97. The lowest BCUT2D eigenvalue weighted by Gasteiger charge is -2.04. The van der Waals surface area contributed by atoms with E-state index in [2.05, 4.69) is 18.0 Å². The highest BCUT2D eigenvalue weighted by Crippen LogP contribution is 2.24. The summed E-state index contributed by atoms with van der Waals surface area (Å²) in [5.74, 6) is 0.688. The van der Waals surface area contributed by atoms with Crippen molar-refractivity contribution in [3.8, 4) is 17.3 Å². The Kier molecular flexibility index (Phi) is 3.63. The van der Waals surface area contributed by atoms with E-state index in [1.807, 2.05) is 16.7 Å². The molecule has 0 saturated heterocycles. The number of anilines is 1. The molecule has 0 aliphatic heterocycles. The molecule has 0 radical (unpaired) electrons. The first-order chi connectivity index (χ1) is 8.76. The summed E-state index contributed by atoms with van der Waals surface area (Å²) in [7, 11) is 0. The number of aryl methyl sites for hydroxylation is 1. The van der Waals surface area contributed by atoms with E-state index in [1.165, 1.54) is 0 Å². The molecule has 2 rings (SSSR count). The molecule has 0 bridgehead atoms. The Labute approximate surface area is 107 Å². The monoisotopic (exact) mass is 240 g/mol. The van der Waals surface area contributed by atoms with Gasteiger partial charge in [-0.2, -0.15) is 5.26 Å². The van der Waals surface area contributed by atoms with Crippen molar-refractivity contribution in [1.29, 1.82) is 5.26 Å². The summed E-state index contributed by atoms with van der Waals surface area (Å²) in [6.45, 7) is 3.04. The van der Waals surface area contributed by atoms with Gasteiger partial charge in [-0.1, -0.05) is 25.5 Å². The number of hydrogen-bond donors (Lipinski definition) is 1. The number of rotatable bonds is 4. The third-order valence-electron chi connectivity index (χ3n) is 2.92. The molecule has 0 aliphatic carbocycles. The molecule has 2 aromatic rings. The second-order valence-electron chi connectivity index (χ2n) is 4.21. The van der Waals surface area contributed by atoms with Gasteiger partial charge in [0.1, 0.15) is 11.5 Å². The summed E-state index contributed by atoms with van der Waals surface area (Å²) in [5.41, 5.74) is 8.46. The van der Waals surface area contributed by atoms with E-state index in [0.717, 1.165) is 30.6 Å². The Balaban J connectivity index is 2.27. The van der Waals surface area contributed by atoms with Gasteiger partial charge in [0.2, 0.25) is 0 Å². The molecule has 0 amide bonds. The van der Waals surface area contributed by atoms with Crippen LogP contribution in [0, 0.1) is 11.3 Å². The minimum Gasteiger partial charge on any atom is -0.383 e. The van der Waals surface area contributed by atoms with Gasteiger partial charge in [-0.05, 0) is 18.6 Å². The number of nitrogen functional groups attached to an aromatic ring is 1. The molecule has 1 aromatic heterocycles. The normalized spacial score (nSPS) is 10.2. The molecule has 18 heavy (non-hydrogen) atoms. The van der Waals surface area contributed by atoms with Crippen molar-refractivity contribution in [2.24, 2.45) is 0 Å². The molecular weight excluding hydrogens is 224 g/mol. The highest BCUT2D eigenvalue weighted by Gasteiger charge is 2.09. The molecule has 92 valence electrons. The minimum atomic E-state index is 0.641. The molecule has 0 spiro atoms. The summed E-state index contributed by atoms with van der Waals surface area (Å²) in [4.78, 5) is 4.35. The van der Waals surface area contributed by atoms with E-state index in [0.29, 0.717) is 11.4 Å². The molecule has 0 fully saturated rings. The fraction of sp³-hybridized carbons (Fsp3) is 0.286. The van der Waals surface area contributed by atoms with Crippen molar-refractivity contribution in [2.45, 2.75) is 26.3 Å². The van der Waals surface area contributed by atoms with Crippen LogP contribution in [0.4, 0.5) is 5.82 Å². The van der Waals surface area contributed by atoms with Crippen LogP contribution in [0.1, 0.15) is 25.3 Å². The van der Waals surface area contributed by atoms with Crippen molar-refractivity contribution < 1.29 is 0 Å². The van der Waals surface area contributed by atoms with Crippen LogP contribution in [-0.2, 0) is 6.54 Å². The lowest BCUT2D eigenvalue weighted by atomic mass is 10.1. The molecule has 4 heteroatoms. The van der Waals surface area contributed by atoms with Gasteiger partial charge in [0.15, 0.2) is 0 Å². The molecule has 2 N–H and O–H groups in total. The maximum atomic E-state index is 8.76. The van der Waals surface area contributed by atoms with Gasteiger partial charge in [-0.15, -0.1) is 0 Å². The second kappa shape index (κ2) is 5.37. The van der Waals surface area contributed by atoms with Crippen LogP contribution in [0.3, 0.4) is 0 Å². The van der Waals surface area contributed by atoms with E-state index < -0.39 is 0 Å². The SMILES string of the molecule is CCCCn1cnc(-c2ccc(C#N)cc2)c1N. The van der Waals surface area contributed by atoms with Crippen molar-refractivity contribution >= 4 is 5.82 Å². The second-order valence-corrected chi connectivity index (χ2v) is 4.21. The number of nitriles is 1. The molecule has 1 aromatic carbocycles. The highest BCUT2D eigenvalue weighted by molar-refractivity contribution is 5.70. The van der Waals surface area contributed by atoms with Gasteiger partial charge in [-0.3, -0.25) is 0 Å². The van der Waals surface area contributed by atoms with Crippen LogP contribution < -0.4 is 5.73 Å². The standard InChI is InChI=1S/C14H16N4/c1-2-3-8-18-10-17-13(14(18)16)12-6-4-11(9-15)5-7-12/h4-7,10H,2-3,8,16H2,1H3. The number of benzene rings is 1. The first kappa shape index (κ1) is 12.2. The van der Waals surface area contributed by atoms with E-state index in [9.17, 15) is 0 Å². The van der Waals surface area contributed by atoms with E-state index in [4.69, 9.17) is 11.0 Å². The summed E-state index contributed by atoms with van der Waals surface area (Å²) in [6, 6.07) is 9.40.